The molecule has 1 aliphatic rings. The lowest BCUT2D eigenvalue weighted by molar-refractivity contribution is -0.150. The molecule has 2 rings (SSSR count). The molecule has 0 bridgehead atoms. The third-order valence-corrected chi connectivity index (χ3v) is 4.20. The highest BCUT2D eigenvalue weighted by Gasteiger charge is 2.47. The second-order valence-electron chi connectivity index (χ2n) is 5.72. The van der Waals surface area contributed by atoms with Crippen LogP contribution >= 0.6 is 0 Å². The summed E-state index contributed by atoms with van der Waals surface area (Å²) in [5, 5.41) is 0. The number of hydrogen-bond acceptors (Lipinski definition) is 4. The Hall–Kier alpha value is -2.10. The molecule has 0 aliphatic heterocycles. The van der Waals surface area contributed by atoms with Crippen molar-refractivity contribution in [3.05, 3.63) is 47.5 Å². The fourth-order valence-corrected chi connectivity index (χ4v) is 2.82. The van der Waals surface area contributed by atoms with Gasteiger partial charge in [-0.25, -0.2) is 0 Å². The number of carbonyl (C=O) groups excluding carboxylic acids is 2. The first kappa shape index (κ1) is 16.3. The van der Waals surface area contributed by atoms with Crippen molar-refractivity contribution in [3.8, 4) is 0 Å². The van der Waals surface area contributed by atoms with E-state index in [1.54, 1.807) is 26.0 Å². The van der Waals surface area contributed by atoms with Crippen LogP contribution in [0.4, 0.5) is 0 Å². The van der Waals surface area contributed by atoms with Gasteiger partial charge in [-0.05, 0) is 38.8 Å². The average Bonchev–Trinajstić information content (AvgIpc) is 2.52. The quantitative estimate of drug-likeness (QED) is 0.634. The minimum absolute atomic E-state index is 0.315. The Bertz CT molecular complexity index is 566. The van der Waals surface area contributed by atoms with Crippen LogP contribution in [0.25, 0.3) is 0 Å². The monoisotopic (exact) mass is 302 g/mol. The van der Waals surface area contributed by atoms with Crippen LogP contribution in [-0.2, 0) is 29.9 Å². The number of fused-ring (bicyclic) bond motifs is 1. The molecule has 0 saturated carbocycles. The molecule has 0 aromatic heterocycles. The van der Waals surface area contributed by atoms with Gasteiger partial charge >= 0.3 is 11.9 Å². The third-order valence-electron chi connectivity index (χ3n) is 4.20. The Morgan fingerprint density at radius 2 is 1.23 bits per heavy atom. The lowest BCUT2D eigenvalue weighted by atomic mass is 9.66. The zero-order chi connectivity index (χ0) is 16.4. The van der Waals surface area contributed by atoms with Crippen LogP contribution < -0.4 is 0 Å². The highest BCUT2D eigenvalue weighted by molar-refractivity contribution is 5.92. The van der Waals surface area contributed by atoms with E-state index in [1.165, 1.54) is 0 Å². The van der Waals surface area contributed by atoms with Gasteiger partial charge in [-0.3, -0.25) is 9.59 Å². The standard InChI is InChI=1S/C18H22O4/c1-5-21-15(19)17(3)11-12-18(4,16(20)22-6-2)14-10-8-7-9-13(14)17/h7-12H,5-6H2,1-4H3/t17-,18+. The number of hydrogen-bond donors (Lipinski definition) is 0. The summed E-state index contributed by atoms with van der Waals surface area (Å²) in [4.78, 5) is 24.8. The fraction of sp³-hybridized carbons (Fsp3) is 0.444. The van der Waals surface area contributed by atoms with Crippen LogP contribution in [0.15, 0.2) is 36.4 Å². The molecule has 0 radical (unpaired) electrons. The highest BCUT2D eigenvalue weighted by Crippen LogP contribution is 2.42. The molecule has 4 heteroatoms. The van der Waals surface area contributed by atoms with Gasteiger partial charge in [-0.2, -0.15) is 0 Å². The Morgan fingerprint density at radius 1 is 0.864 bits per heavy atom. The van der Waals surface area contributed by atoms with Crippen LogP contribution in [0.5, 0.6) is 0 Å². The van der Waals surface area contributed by atoms with Crippen LogP contribution in [-0.4, -0.2) is 25.2 Å². The molecule has 0 unspecified atom stereocenters. The van der Waals surface area contributed by atoms with Gasteiger partial charge in [0.25, 0.3) is 0 Å². The number of rotatable bonds is 4. The third kappa shape index (κ3) is 2.43. The van der Waals surface area contributed by atoms with Crippen molar-refractivity contribution in [3.63, 3.8) is 0 Å². The van der Waals surface area contributed by atoms with Crippen LogP contribution in [0.3, 0.4) is 0 Å². The predicted octanol–water partition coefficient (Wildman–Crippen LogP) is 2.90. The Kier molecular flexibility index (Phi) is 4.40. The highest BCUT2D eigenvalue weighted by atomic mass is 16.5. The van der Waals surface area contributed by atoms with Crippen molar-refractivity contribution in [2.45, 2.75) is 38.5 Å². The summed E-state index contributed by atoms with van der Waals surface area (Å²) in [7, 11) is 0. The molecule has 0 N–H and O–H groups in total. The SMILES string of the molecule is CCOC(=O)[C@]1(C)C=C[C@](C)(C(=O)OCC)c2ccccc21. The van der Waals surface area contributed by atoms with E-state index in [0.717, 1.165) is 11.1 Å². The average molecular weight is 302 g/mol. The van der Waals surface area contributed by atoms with E-state index in [9.17, 15) is 9.59 Å². The van der Waals surface area contributed by atoms with Crippen molar-refractivity contribution in [2.24, 2.45) is 0 Å². The van der Waals surface area contributed by atoms with Crippen molar-refractivity contribution in [1.29, 1.82) is 0 Å². The van der Waals surface area contributed by atoms with E-state index in [1.807, 2.05) is 38.1 Å². The normalized spacial score (nSPS) is 26.2. The summed E-state index contributed by atoms with van der Waals surface area (Å²) in [6, 6.07) is 7.46. The summed E-state index contributed by atoms with van der Waals surface area (Å²) in [6.45, 7) is 7.82. The van der Waals surface area contributed by atoms with Crippen molar-refractivity contribution >= 4 is 11.9 Å². The summed E-state index contributed by atoms with van der Waals surface area (Å²) >= 11 is 0. The molecule has 22 heavy (non-hydrogen) atoms. The lowest BCUT2D eigenvalue weighted by Gasteiger charge is -2.37. The summed E-state index contributed by atoms with van der Waals surface area (Å²) in [5.41, 5.74) is -0.213. The van der Waals surface area contributed by atoms with Crippen LogP contribution in [0.2, 0.25) is 0 Å². The number of benzene rings is 1. The molecular weight excluding hydrogens is 280 g/mol. The summed E-state index contributed by atoms with van der Waals surface area (Å²) in [6.07, 6.45) is 3.51. The first-order valence-corrected chi connectivity index (χ1v) is 7.55. The molecule has 118 valence electrons. The number of carbonyl (C=O) groups is 2. The van der Waals surface area contributed by atoms with Gasteiger partial charge in [0.05, 0.1) is 13.2 Å². The van der Waals surface area contributed by atoms with Crippen LogP contribution in [0.1, 0.15) is 38.8 Å². The van der Waals surface area contributed by atoms with Gasteiger partial charge < -0.3 is 9.47 Å². The Balaban J connectivity index is 2.57. The van der Waals surface area contributed by atoms with Crippen LogP contribution in [0, 0.1) is 0 Å². The molecule has 1 aliphatic carbocycles. The molecule has 4 nitrogen and oxygen atoms in total. The molecule has 2 atom stereocenters. The maximum absolute atomic E-state index is 12.4. The zero-order valence-electron chi connectivity index (χ0n) is 13.5. The van der Waals surface area contributed by atoms with Gasteiger partial charge in [0.2, 0.25) is 0 Å². The largest absolute Gasteiger partial charge is 0.465 e. The number of esters is 2. The molecule has 0 saturated heterocycles. The molecule has 0 amide bonds. The second kappa shape index (κ2) is 5.95. The Labute approximate surface area is 131 Å². The predicted molar refractivity (Wildman–Crippen MR) is 83.6 cm³/mol. The van der Waals surface area contributed by atoms with Crippen molar-refractivity contribution in [2.75, 3.05) is 13.2 Å². The maximum atomic E-state index is 12.4. The summed E-state index contributed by atoms with van der Waals surface area (Å²) < 4.78 is 10.4. The second-order valence-corrected chi connectivity index (χ2v) is 5.72. The van der Waals surface area contributed by atoms with E-state index in [4.69, 9.17) is 9.47 Å². The number of ether oxygens (including phenoxy) is 2. The fourth-order valence-electron chi connectivity index (χ4n) is 2.82. The van der Waals surface area contributed by atoms with Gasteiger partial charge in [0.15, 0.2) is 0 Å². The molecule has 0 spiro atoms. The van der Waals surface area contributed by atoms with Crippen molar-refractivity contribution in [1.82, 2.24) is 0 Å². The minimum atomic E-state index is -0.890. The molecule has 1 aromatic carbocycles. The smallest absolute Gasteiger partial charge is 0.320 e. The van der Waals surface area contributed by atoms with E-state index in [-0.39, 0.29) is 11.9 Å². The van der Waals surface area contributed by atoms with Gasteiger partial charge in [-0.15, -0.1) is 0 Å². The van der Waals surface area contributed by atoms with E-state index in [2.05, 4.69) is 0 Å². The zero-order valence-corrected chi connectivity index (χ0v) is 13.5. The van der Waals surface area contributed by atoms with Gasteiger partial charge in [-0.1, -0.05) is 36.4 Å². The first-order valence-electron chi connectivity index (χ1n) is 7.55. The van der Waals surface area contributed by atoms with Gasteiger partial charge in [0.1, 0.15) is 10.8 Å². The first-order chi connectivity index (χ1) is 10.4. The van der Waals surface area contributed by atoms with E-state index < -0.39 is 10.8 Å². The molecular formula is C18H22O4. The van der Waals surface area contributed by atoms with Crippen molar-refractivity contribution < 1.29 is 19.1 Å². The molecule has 0 heterocycles. The topological polar surface area (TPSA) is 52.6 Å². The maximum Gasteiger partial charge on any atom is 0.320 e. The summed E-state index contributed by atoms with van der Waals surface area (Å²) in [5.74, 6) is -0.630. The minimum Gasteiger partial charge on any atom is -0.465 e. The lowest BCUT2D eigenvalue weighted by Crippen LogP contribution is -2.43. The van der Waals surface area contributed by atoms with E-state index in [0.29, 0.717) is 13.2 Å². The van der Waals surface area contributed by atoms with Gasteiger partial charge in [0, 0.05) is 0 Å². The van der Waals surface area contributed by atoms with E-state index >= 15 is 0 Å². The Morgan fingerprint density at radius 3 is 1.55 bits per heavy atom. The molecule has 0 fully saturated rings. The molecule has 1 aromatic rings.